The highest BCUT2D eigenvalue weighted by Crippen LogP contribution is 2.41. The largest absolute Gasteiger partial charge is 0.470 e. The summed E-state index contributed by atoms with van der Waals surface area (Å²) < 4.78 is 19.1. The second kappa shape index (κ2) is 4.21. The van der Waals surface area contributed by atoms with Gasteiger partial charge in [-0.3, -0.25) is 4.52 Å². The average molecular weight is 230 g/mol. The van der Waals surface area contributed by atoms with Crippen LogP contribution in [-0.2, 0) is 13.8 Å². The van der Waals surface area contributed by atoms with Gasteiger partial charge in [-0.15, -0.1) is 0 Å². The molecule has 4 atom stereocenters. The Hall–Kier alpha value is -0.0500. The first kappa shape index (κ1) is 12.0. The van der Waals surface area contributed by atoms with E-state index < -0.39 is 39.0 Å². The molecule has 1 aliphatic heterocycles. The quantitative estimate of drug-likeness (QED) is 0.336. The molecule has 0 aliphatic carbocycles. The fourth-order valence-electron chi connectivity index (χ4n) is 1.14. The minimum absolute atomic E-state index is 0.584. The van der Waals surface area contributed by atoms with Gasteiger partial charge in [0.05, 0.1) is 6.61 Å². The van der Waals surface area contributed by atoms with Crippen LogP contribution in [0.4, 0.5) is 0 Å². The lowest BCUT2D eigenvalue weighted by Gasteiger charge is -2.17. The molecule has 0 aromatic heterocycles. The summed E-state index contributed by atoms with van der Waals surface area (Å²) in [6.07, 6.45) is -5.83. The summed E-state index contributed by atoms with van der Waals surface area (Å²) >= 11 is 0. The monoisotopic (exact) mass is 230 g/mol. The molecule has 0 spiro atoms. The Bertz CT molecular complexity index is 238. The Balaban J connectivity index is 2.65. The predicted molar refractivity (Wildman–Crippen MR) is 40.9 cm³/mol. The van der Waals surface area contributed by atoms with Gasteiger partial charge in [0.1, 0.15) is 18.3 Å². The highest BCUT2D eigenvalue weighted by atomic mass is 31.2. The zero-order valence-electron chi connectivity index (χ0n) is 6.92. The van der Waals surface area contributed by atoms with E-state index in [9.17, 15) is 9.67 Å². The third-order valence-corrected chi connectivity index (χ3v) is 2.27. The fraction of sp³-hybridized carbons (Fsp3) is 1.00. The second-order valence-electron chi connectivity index (χ2n) is 2.80. The summed E-state index contributed by atoms with van der Waals surface area (Å²) in [5.74, 6) is 0. The topological polar surface area (TPSA) is 137 Å². The van der Waals surface area contributed by atoms with Gasteiger partial charge in [-0.25, -0.2) is 4.57 Å². The van der Waals surface area contributed by atoms with Crippen molar-refractivity contribution >= 4 is 7.82 Å². The highest BCUT2D eigenvalue weighted by molar-refractivity contribution is 7.46. The SMILES string of the molecule is O=P(O)(O)O[C@@H]1[C@H](O)[C@@H](CO)O[C@H]1O. The van der Waals surface area contributed by atoms with Gasteiger partial charge in [-0.2, -0.15) is 0 Å². The van der Waals surface area contributed by atoms with Gasteiger partial charge < -0.3 is 29.8 Å². The smallest absolute Gasteiger partial charge is 0.394 e. The van der Waals surface area contributed by atoms with Crippen LogP contribution in [0.25, 0.3) is 0 Å². The molecule has 0 amide bonds. The van der Waals surface area contributed by atoms with Gasteiger partial charge in [0.2, 0.25) is 0 Å². The van der Waals surface area contributed by atoms with E-state index in [0.29, 0.717) is 0 Å². The maximum absolute atomic E-state index is 10.4. The van der Waals surface area contributed by atoms with Crippen LogP contribution < -0.4 is 0 Å². The minimum Gasteiger partial charge on any atom is -0.394 e. The first-order valence-electron chi connectivity index (χ1n) is 3.71. The summed E-state index contributed by atoms with van der Waals surface area (Å²) in [5, 5.41) is 27.0. The van der Waals surface area contributed by atoms with E-state index in [1.54, 1.807) is 0 Å². The molecular formula is C5H11O8P. The van der Waals surface area contributed by atoms with Crippen molar-refractivity contribution < 1.29 is 38.9 Å². The van der Waals surface area contributed by atoms with Crippen LogP contribution in [0.15, 0.2) is 0 Å². The standard InChI is InChI=1S/C5H11O8P/c6-1-2-3(7)4(5(8)12-2)13-14(9,10)11/h2-8H,1H2,(H2,9,10,11)/t2-,3-,4-,5-/m1/s1. The second-order valence-corrected chi connectivity index (χ2v) is 3.99. The zero-order valence-corrected chi connectivity index (χ0v) is 7.82. The molecular weight excluding hydrogens is 219 g/mol. The molecule has 1 heterocycles. The maximum atomic E-state index is 10.4. The molecule has 0 aromatic rings. The normalized spacial score (nSPS) is 38.9. The van der Waals surface area contributed by atoms with E-state index in [-0.39, 0.29) is 0 Å². The number of phosphoric acid groups is 1. The average Bonchev–Trinajstić information content (AvgIpc) is 2.29. The number of aliphatic hydroxyl groups is 3. The van der Waals surface area contributed by atoms with Crippen molar-refractivity contribution in [3.63, 3.8) is 0 Å². The third-order valence-electron chi connectivity index (χ3n) is 1.75. The van der Waals surface area contributed by atoms with E-state index >= 15 is 0 Å². The van der Waals surface area contributed by atoms with E-state index in [1.807, 2.05) is 0 Å². The number of hydrogen-bond acceptors (Lipinski definition) is 6. The van der Waals surface area contributed by atoms with Gasteiger partial charge in [0.25, 0.3) is 0 Å². The fourth-order valence-corrected chi connectivity index (χ4v) is 1.69. The summed E-state index contributed by atoms with van der Waals surface area (Å²) in [6, 6.07) is 0. The molecule has 14 heavy (non-hydrogen) atoms. The summed E-state index contributed by atoms with van der Waals surface area (Å²) in [5.41, 5.74) is 0. The Kier molecular flexibility index (Phi) is 3.62. The van der Waals surface area contributed by atoms with Gasteiger partial charge >= 0.3 is 7.82 Å². The van der Waals surface area contributed by atoms with Crippen LogP contribution in [0.1, 0.15) is 0 Å². The summed E-state index contributed by atoms with van der Waals surface area (Å²) in [4.78, 5) is 16.8. The van der Waals surface area contributed by atoms with Gasteiger partial charge in [0.15, 0.2) is 6.29 Å². The molecule has 1 saturated heterocycles. The van der Waals surface area contributed by atoms with Crippen molar-refractivity contribution in [2.45, 2.75) is 24.6 Å². The Morgan fingerprint density at radius 2 is 1.93 bits per heavy atom. The first-order valence-corrected chi connectivity index (χ1v) is 5.24. The van der Waals surface area contributed by atoms with E-state index in [2.05, 4.69) is 9.26 Å². The lowest BCUT2D eigenvalue weighted by Crippen LogP contribution is -2.35. The van der Waals surface area contributed by atoms with E-state index in [4.69, 9.17) is 20.0 Å². The summed E-state index contributed by atoms with van der Waals surface area (Å²) in [6.45, 7) is -0.584. The zero-order chi connectivity index (χ0) is 10.9. The van der Waals surface area contributed by atoms with Crippen molar-refractivity contribution in [2.24, 2.45) is 0 Å². The van der Waals surface area contributed by atoms with Crippen LogP contribution in [-0.4, -0.2) is 56.3 Å². The number of ether oxygens (including phenoxy) is 1. The lowest BCUT2D eigenvalue weighted by atomic mass is 10.1. The van der Waals surface area contributed by atoms with Crippen molar-refractivity contribution in [3.8, 4) is 0 Å². The third kappa shape index (κ3) is 2.72. The van der Waals surface area contributed by atoms with Crippen LogP contribution in [0.3, 0.4) is 0 Å². The minimum atomic E-state index is -4.81. The van der Waals surface area contributed by atoms with E-state index in [0.717, 1.165) is 0 Å². The highest BCUT2D eigenvalue weighted by Gasteiger charge is 2.46. The van der Waals surface area contributed by atoms with Crippen molar-refractivity contribution in [1.29, 1.82) is 0 Å². The molecule has 8 nitrogen and oxygen atoms in total. The van der Waals surface area contributed by atoms with Crippen molar-refractivity contribution in [3.05, 3.63) is 0 Å². The number of phosphoric ester groups is 1. The maximum Gasteiger partial charge on any atom is 0.470 e. The van der Waals surface area contributed by atoms with Crippen LogP contribution in [0.5, 0.6) is 0 Å². The lowest BCUT2D eigenvalue weighted by molar-refractivity contribution is -0.130. The molecule has 1 aliphatic rings. The molecule has 0 radical (unpaired) electrons. The Labute approximate surface area is 78.9 Å². The molecule has 5 N–H and O–H groups in total. The first-order chi connectivity index (χ1) is 6.35. The predicted octanol–water partition coefficient (Wildman–Crippen LogP) is -2.47. The van der Waals surface area contributed by atoms with Gasteiger partial charge in [-0.05, 0) is 0 Å². The molecule has 0 saturated carbocycles. The van der Waals surface area contributed by atoms with Crippen LogP contribution >= 0.6 is 7.82 Å². The number of hydrogen-bond donors (Lipinski definition) is 5. The molecule has 0 unspecified atom stereocenters. The Morgan fingerprint density at radius 3 is 2.29 bits per heavy atom. The van der Waals surface area contributed by atoms with Crippen LogP contribution in [0.2, 0.25) is 0 Å². The molecule has 1 rings (SSSR count). The molecule has 1 fully saturated rings. The summed E-state index contributed by atoms with van der Waals surface area (Å²) in [7, 11) is -4.81. The molecule has 9 heteroatoms. The molecule has 84 valence electrons. The van der Waals surface area contributed by atoms with Crippen LogP contribution in [0, 0.1) is 0 Å². The Morgan fingerprint density at radius 1 is 1.36 bits per heavy atom. The number of aliphatic hydroxyl groups excluding tert-OH is 3. The molecule has 0 aromatic carbocycles. The van der Waals surface area contributed by atoms with Crippen molar-refractivity contribution in [1.82, 2.24) is 0 Å². The number of rotatable bonds is 3. The van der Waals surface area contributed by atoms with Crippen molar-refractivity contribution in [2.75, 3.05) is 6.61 Å². The van der Waals surface area contributed by atoms with Gasteiger partial charge in [0, 0.05) is 0 Å². The molecule has 0 bridgehead atoms. The van der Waals surface area contributed by atoms with E-state index in [1.165, 1.54) is 0 Å². The van der Waals surface area contributed by atoms with Gasteiger partial charge in [-0.1, -0.05) is 0 Å².